The van der Waals surface area contributed by atoms with Crippen LogP contribution in [0.3, 0.4) is 0 Å². The minimum Gasteiger partial charge on any atom is -0.323 e. The molecule has 1 heterocycles. The van der Waals surface area contributed by atoms with Crippen molar-refractivity contribution in [2.45, 2.75) is 12.5 Å². The molecule has 1 unspecified atom stereocenters. The highest BCUT2D eigenvalue weighted by molar-refractivity contribution is 7.98. The summed E-state index contributed by atoms with van der Waals surface area (Å²) < 4.78 is 0. The van der Waals surface area contributed by atoms with E-state index in [9.17, 15) is 4.79 Å². The molecule has 86 valence electrons. The summed E-state index contributed by atoms with van der Waals surface area (Å²) >= 11 is 1.74. The Balaban J connectivity index is 2.28. The van der Waals surface area contributed by atoms with Crippen LogP contribution >= 0.6 is 11.8 Å². The molecule has 0 radical (unpaired) electrons. The van der Waals surface area contributed by atoms with Crippen LogP contribution < -0.4 is 10.6 Å². The third-order valence-electron chi connectivity index (χ3n) is 2.96. The summed E-state index contributed by atoms with van der Waals surface area (Å²) in [7, 11) is 1.82. The van der Waals surface area contributed by atoms with Crippen molar-refractivity contribution >= 4 is 23.4 Å². The molecule has 0 aliphatic carbocycles. The molecule has 0 saturated heterocycles. The Kier molecular flexibility index (Phi) is 3.21. The number of rotatable bonds is 3. The number of carbonyl (C=O) groups is 1. The molecule has 0 bridgehead atoms. The van der Waals surface area contributed by atoms with Gasteiger partial charge in [-0.1, -0.05) is 12.1 Å². The number of fused-ring (bicyclic) bond motifs is 1. The van der Waals surface area contributed by atoms with Crippen LogP contribution in [0.15, 0.2) is 18.2 Å². The highest BCUT2D eigenvalue weighted by Gasteiger charge is 2.24. The Bertz CT molecular complexity index is 419. The van der Waals surface area contributed by atoms with Gasteiger partial charge >= 0.3 is 0 Å². The van der Waals surface area contributed by atoms with Crippen molar-refractivity contribution in [2.24, 2.45) is 5.73 Å². The molecule has 16 heavy (non-hydrogen) atoms. The summed E-state index contributed by atoms with van der Waals surface area (Å²) in [5, 5.41) is 0. The molecule has 0 saturated carbocycles. The molecule has 0 spiro atoms. The molecule has 1 aromatic rings. The van der Waals surface area contributed by atoms with Gasteiger partial charge < -0.3 is 10.6 Å². The molecule has 3 nitrogen and oxygen atoms in total. The first-order chi connectivity index (χ1) is 7.63. The number of benzene rings is 1. The molecule has 2 N–H and O–H groups in total. The maximum atomic E-state index is 11.5. The van der Waals surface area contributed by atoms with E-state index in [2.05, 4.69) is 6.07 Å². The summed E-state index contributed by atoms with van der Waals surface area (Å²) in [5.41, 5.74) is 9.29. The van der Waals surface area contributed by atoms with Crippen molar-refractivity contribution in [1.82, 2.24) is 0 Å². The third kappa shape index (κ3) is 1.95. The number of nitrogens with zero attached hydrogens (tertiary/aromatic N) is 1. The zero-order valence-electron chi connectivity index (χ0n) is 9.56. The van der Waals surface area contributed by atoms with Crippen molar-refractivity contribution in [3.63, 3.8) is 0 Å². The van der Waals surface area contributed by atoms with Gasteiger partial charge in [-0.25, -0.2) is 0 Å². The zero-order chi connectivity index (χ0) is 11.7. The van der Waals surface area contributed by atoms with Crippen molar-refractivity contribution in [3.05, 3.63) is 29.3 Å². The number of carbonyl (C=O) groups excluding carboxylic acids is 1. The molecule has 1 aliphatic rings. The van der Waals surface area contributed by atoms with Crippen LogP contribution in [0.4, 0.5) is 5.69 Å². The Hall–Kier alpha value is -1.00. The molecule has 0 fully saturated rings. The van der Waals surface area contributed by atoms with Crippen LogP contribution in [0.2, 0.25) is 0 Å². The molecule has 0 aromatic heterocycles. The summed E-state index contributed by atoms with van der Waals surface area (Å²) in [6.45, 7) is 0. The van der Waals surface area contributed by atoms with Crippen molar-refractivity contribution in [1.29, 1.82) is 0 Å². The van der Waals surface area contributed by atoms with E-state index in [-0.39, 0.29) is 11.9 Å². The molecule has 1 amide bonds. The highest BCUT2D eigenvalue weighted by atomic mass is 32.2. The second-order valence-electron chi connectivity index (χ2n) is 4.08. The van der Waals surface area contributed by atoms with Gasteiger partial charge in [-0.05, 0) is 23.4 Å². The molecule has 4 heteroatoms. The second-order valence-corrected chi connectivity index (χ2v) is 4.99. The fourth-order valence-corrected chi connectivity index (χ4v) is 2.55. The lowest BCUT2D eigenvalue weighted by molar-refractivity contribution is -0.117. The predicted octanol–water partition coefficient (Wildman–Crippen LogP) is 1.57. The predicted molar refractivity (Wildman–Crippen MR) is 68.9 cm³/mol. The maximum absolute atomic E-state index is 11.5. The fraction of sp³-hybridized carbons (Fsp3) is 0.417. The number of hydrogen-bond donors (Lipinski definition) is 1. The van der Waals surface area contributed by atoms with Crippen LogP contribution in [0.1, 0.15) is 17.2 Å². The van der Waals surface area contributed by atoms with Gasteiger partial charge in [0.25, 0.3) is 0 Å². The van der Waals surface area contributed by atoms with E-state index < -0.39 is 0 Å². The number of hydrogen-bond acceptors (Lipinski definition) is 3. The van der Waals surface area contributed by atoms with Crippen LogP contribution in [0, 0.1) is 0 Å². The quantitative estimate of drug-likeness (QED) is 0.866. The van der Waals surface area contributed by atoms with Crippen LogP contribution in [-0.2, 0) is 11.2 Å². The summed E-state index contributed by atoms with van der Waals surface area (Å²) in [6, 6.07) is 6.14. The molecule has 1 atom stereocenters. The van der Waals surface area contributed by atoms with E-state index in [1.54, 1.807) is 16.7 Å². The van der Waals surface area contributed by atoms with E-state index in [0.717, 1.165) is 22.6 Å². The van der Waals surface area contributed by atoms with E-state index in [1.165, 1.54) is 0 Å². The van der Waals surface area contributed by atoms with E-state index >= 15 is 0 Å². The number of amides is 1. The standard InChI is InChI=1S/C12H16N2OS/c1-14-11-4-3-8(10(13)7-16-2)5-9(11)6-12(14)15/h3-5,10H,6-7,13H2,1-2H3. The molecule has 1 aliphatic heterocycles. The topological polar surface area (TPSA) is 46.3 Å². The van der Waals surface area contributed by atoms with Gasteiger partial charge in [0.05, 0.1) is 6.42 Å². The third-order valence-corrected chi connectivity index (χ3v) is 3.65. The molecular weight excluding hydrogens is 220 g/mol. The van der Waals surface area contributed by atoms with Crippen molar-refractivity contribution in [3.8, 4) is 0 Å². The van der Waals surface area contributed by atoms with Gasteiger partial charge in [-0.2, -0.15) is 11.8 Å². The first-order valence-corrected chi connectivity index (χ1v) is 6.66. The Morgan fingerprint density at radius 3 is 3.00 bits per heavy atom. The molecule has 1 aromatic carbocycles. The lowest BCUT2D eigenvalue weighted by Crippen LogP contribution is -2.20. The summed E-state index contributed by atoms with van der Waals surface area (Å²) in [6.07, 6.45) is 2.55. The van der Waals surface area contributed by atoms with Crippen molar-refractivity contribution in [2.75, 3.05) is 24.0 Å². The first kappa shape index (κ1) is 11.5. The van der Waals surface area contributed by atoms with E-state index in [0.29, 0.717) is 6.42 Å². The Morgan fingerprint density at radius 1 is 1.56 bits per heavy atom. The van der Waals surface area contributed by atoms with Gasteiger partial charge in [0, 0.05) is 24.5 Å². The van der Waals surface area contributed by atoms with Gasteiger partial charge in [0.15, 0.2) is 0 Å². The highest BCUT2D eigenvalue weighted by Crippen LogP contribution is 2.30. The number of likely N-dealkylation sites (N-methyl/N-ethyl adjacent to an activating group) is 1. The smallest absolute Gasteiger partial charge is 0.231 e. The van der Waals surface area contributed by atoms with Crippen LogP contribution in [0.25, 0.3) is 0 Å². The maximum Gasteiger partial charge on any atom is 0.231 e. The van der Waals surface area contributed by atoms with Gasteiger partial charge in [0.2, 0.25) is 5.91 Å². The van der Waals surface area contributed by atoms with Crippen LogP contribution in [-0.4, -0.2) is 25.0 Å². The number of anilines is 1. The average molecular weight is 236 g/mol. The lowest BCUT2D eigenvalue weighted by Gasteiger charge is -2.13. The van der Waals surface area contributed by atoms with Gasteiger partial charge in [0.1, 0.15) is 0 Å². The minimum absolute atomic E-state index is 0.0568. The Labute approximate surface area is 100.0 Å². The van der Waals surface area contributed by atoms with Gasteiger partial charge in [-0.15, -0.1) is 0 Å². The largest absolute Gasteiger partial charge is 0.323 e. The molecular formula is C12H16N2OS. The summed E-state index contributed by atoms with van der Waals surface area (Å²) in [4.78, 5) is 13.2. The number of nitrogens with two attached hydrogens (primary N) is 1. The van der Waals surface area contributed by atoms with Gasteiger partial charge in [-0.3, -0.25) is 4.79 Å². The normalized spacial score (nSPS) is 16.4. The SMILES string of the molecule is CSCC(N)c1ccc2c(c1)CC(=O)N2C. The van der Waals surface area contributed by atoms with Crippen LogP contribution in [0.5, 0.6) is 0 Å². The monoisotopic (exact) mass is 236 g/mol. The first-order valence-electron chi connectivity index (χ1n) is 5.27. The summed E-state index contributed by atoms with van der Waals surface area (Å²) in [5.74, 6) is 1.06. The van der Waals surface area contributed by atoms with E-state index in [1.807, 2.05) is 25.4 Å². The molecule has 2 rings (SSSR count). The zero-order valence-corrected chi connectivity index (χ0v) is 10.4. The average Bonchev–Trinajstić information content (AvgIpc) is 2.55. The second kappa shape index (κ2) is 4.47. The Morgan fingerprint density at radius 2 is 2.31 bits per heavy atom. The number of thioether (sulfide) groups is 1. The minimum atomic E-state index is 0.0568. The van der Waals surface area contributed by atoms with Crippen molar-refractivity contribution < 1.29 is 4.79 Å². The fourth-order valence-electron chi connectivity index (χ4n) is 2.00. The van der Waals surface area contributed by atoms with E-state index in [4.69, 9.17) is 5.73 Å². The lowest BCUT2D eigenvalue weighted by atomic mass is 10.0.